The number of ether oxygens (including phenoxy) is 1. The minimum atomic E-state index is -0.108. The lowest BCUT2D eigenvalue weighted by atomic mass is 10.2. The van der Waals surface area contributed by atoms with Crippen molar-refractivity contribution in [2.75, 3.05) is 25.6 Å². The van der Waals surface area contributed by atoms with Crippen LogP contribution < -0.4 is 5.32 Å². The largest absolute Gasteiger partial charge is 0.424 e. The van der Waals surface area contributed by atoms with Crippen LogP contribution in [0, 0.1) is 0 Å². The van der Waals surface area contributed by atoms with Crippen LogP contribution in [-0.4, -0.2) is 36.5 Å². The van der Waals surface area contributed by atoms with Crippen LogP contribution in [0.3, 0.4) is 0 Å². The predicted molar refractivity (Wildman–Crippen MR) is 65.0 cm³/mol. The number of nitrogens with one attached hydrogen (secondary N) is 1. The van der Waals surface area contributed by atoms with Crippen molar-refractivity contribution >= 4 is 17.1 Å². The van der Waals surface area contributed by atoms with Gasteiger partial charge in [-0.15, -0.1) is 0 Å². The van der Waals surface area contributed by atoms with E-state index in [2.05, 4.69) is 10.3 Å². The molecule has 0 bridgehead atoms. The van der Waals surface area contributed by atoms with Gasteiger partial charge in [0.05, 0.1) is 12.6 Å². The molecule has 5 heteroatoms. The molecular weight excluding hydrogens is 220 g/mol. The molecule has 1 heterocycles. The second kappa shape index (κ2) is 5.65. The number of oxazole rings is 1. The lowest BCUT2D eigenvalue weighted by Crippen LogP contribution is -2.25. The van der Waals surface area contributed by atoms with E-state index < -0.39 is 0 Å². The van der Waals surface area contributed by atoms with E-state index in [0.717, 1.165) is 11.1 Å². The van der Waals surface area contributed by atoms with Crippen molar-refractivity contribution in [3.63, 3.8) is 0 Å². The van der Waals surface area contributed by atoms with E-state index in [1.807, 2.05) is 24.3 Å². The third-order valence-corrected chi connectivity index (χ3v) is 2.51. The Bertz CT molecular complexity index is 436. The van der Waals surface area contributed by atoms with Crippen LogP contribution in [0.4, 0.5) is 6.01 Å². The average Bonchev–Trinajstić information content (AvgIpc) is 2.76. The Labute approximate surface area is 99.4 Å². The average molecular weight is 236 g/mol. The Morgan fingerprint density at radius 1 is 1.47 bits per heavy atom. The number of rotatable bonds is 6. The number of benzene rings is 1. The van der Waals surface area contributed by atoms with Crippen molar-refractivity contribution in [1.82, 2.24) is 4.98 Å². The quantitative estimate of drug-likeness (QED) is 0.798. The summed E-state index contributed by atoms with van der Waals surface area (Å²) in [6.07, 6.45) is 0.700. The summed E-state index contributed by atoms with van der Waals surface area (Å²) in [7, 11) is 1.63. The van der Waals surface area contributed by atoms with Crippen molar-refractivity contribution in [1.29, 1.82) is 0 Å². The Balaban J connectivity index is 2.06. The number of nitrogens with zero attached hydrogens (tertiary/aromatic N) is 1. The highest BCUT2D eigenvalue weighted by atomic mass is 16.5. The second-order valence-corrected chi connectivity index (χ2v) is 3.79. The Morgan fingerprint density at radius 3 is 3.00 bits per heavy atom. The number of anilines is 1. The van der Waals surface area contributed by atoms with Gasteiger partial charge in [0.15, 0.2) is 5.58 Å². The van der Waals surface area contributed by atoms with Gasteiger partial charge < -0.3 is 19.6 Å². The maximum Gasteiger partial charge on any atom is 0.295 e. The first kappa shape index (κ1) is 11.9. The summed E-state index contributed by atoms with van der Waals surface area (Å²) in [6, 6.07) is 7.86. The van der Waals surface area contributed by atoms with Crippen molar-refractivity contribution in [2.24, 2.45) is 0 Å². The molecule has 92 valence electrons. The highest BCUT2D eigenvalue weighted by Crippen LogP contribution is 2.18. The van der Waals surface area contributed by atoms with Crippen molar-refractivity contribution < 1.29 is 14.3 Å². The zero-order chi connectivity index (χ0) is 12.1. The van der Waals surface area contributed by atoms with E-state index in [1.165, 1.54) is 0 Å². The molecule has 2 rings (SSSR count). The predicted octanol–water partition coefficient (Wildman–Crippen LogP) is 1.64. The van der Waals surface area contributed by atoms with Gasteiger partial charge in [-0.2, -0.15) is 4.98 Å². The number of para-hydroxylation sites is 2. The minimum absolute atomic E-state index is 0.0160. The summed E-state index contributed by atoms with van der Waals surface area (Å²) in [4.78, 5) is 4.28. The van der Waals surface area contributed by atoms with Crippen LogP contribution >= 0.6 is 0 Å². The standard InChI is InChI=1S/C12H16N2O3/c1-16-7-6-9(8-15)13-12-14-10-4-2-3-5-11(10)17-12/h2-5,9,15H,6-8H2,1H3,(H,13,14). The number of methoxy groups -OCH3 is 1. The fraction of sp³-hybridized carbons (Fsp3) is 0.417. The molecule has 1 aromatic heterocycles. The second-order valence-electron chi connectivity index (χ2n) is 3.79. The number of hydrogen-bond acceptors (Lipinski definition) is 5. The van der Waals surface area contributed by atoms with Crippen molar-refractivity contribution in [3.8, 4) is 0 Å². The number of aromatic nitrogens is 1. The molecule has 0 aliphatic heterocycles. The highest BCUT2D eigenvalue weighted by molar-refractivity contribution is 5.74. The van der Waals surface area contributed by atoms with Gasteiger partial charge >= 0.3 is 0 Å². The summed E-state index contributed by atoms with van der Waals surface area (Å²) in [5.74, 6) is 0. The van der Waals surface area contributed by atoms with Crippen LogP contribution in [-0.2, 0) is 4.74 Å². The summed E-state index contributed by atoms with van der Waals surface area (Å²) in [5.41, 5.74) is 1.54. The first-order valence-electron chi connectivity index (χ1n) is 5.55. The number of aliphatic hydroxyl groups excluding tert-OH is 1. The molecule has 0 fully saturated rings. The molecule has 0 amide bonds. The molecule has 5 nitrogen and oxygen atoms in total. The first-order valence-corrected chi connectivity index (χ1v) is 5.55. The number of aliphatic hydroxyl groups is 1. The third kappa shape index (κ3) is 2.95. The molecule has 1 aromatic carbocycles. The first-order chi connectivity index (χ1) is 8.33. The monoisotopic (exact) mass is 236 g/mol. The van der Waals surface area contributed by atoms with Gasteiger partial charge in [-0.25, -0.2) is 0 Å². The molecule has 2 aromatic rings. The number of hydrogen-bond donors (Lipinski definition) is 2. The molecule has 0 aliphatic carbocycles. The van der Waals surface area contributed by atoms with E-state index in [9.17, 15) is 5.11 Å². The van der Waals surface area contributed by atoms with E-state index in [4.69, 9.17) is 9.15 Å². The maximum atomic E-state index is 9.20. The minimum Gasteiger partial charge on any atom is -0.424 e. The smallest absolute Gasteiger partial charge is 0.295 e. The Kier molecular flexibility index (Phi) is 3.95. The van der Waals surface area contributed by atoms with E-state index in [1.54, 1.807) is 7.11 Å². The van der Waals surface area contributed by atoms with Gasteiger partial charge in [-0.1, -0.05) is 12.1 Å². The SMILES string of the molecule is COCCC(CO)Nc1nc2ccccc2o1. The molecule has 1 unspecified atom stereocenters. The molecule has 1 atom stereocenters. The topological polar surface area (TPSA) is 67.5 Å². The highest BCUT2D eigenvalue weighted by Gasteiger charge is 2.11. The maximum absolute atomic E-state index is 9.20. The van der Waals surface area contributed by atoms with E-state index >= 15 is 0 Å². The molecule has 0 saturated heterocycles. The summed E-state index contributed by atoms with van der Waals surface area (Å²) in [5, 5.41) is 12.2. The van der Waals surface area contributed by atoms with Crippen molar-refractivity contribution in [3.05, 3.63) is 24.3 Å². The molecule has 17 heavy (non-hydrogen) atoms. The van der Waals surface area contributed by atoms with Gasteiger partial charge in [0.2, 0.25) is 0 Å². The zero-order valence-electron chi connectivity index (χ0n) is 9.72. The van der Waals surface area contributed by atoms with Crippen LogP contribution in [0.2, 0.25) is 0 Å². The van der Waals surface area contributed by atoms with Crippen LogP contribution in [0.5, 0.6) is 0 Å². The summed E-state index contributed by atoms with van der Waals surface area (Å²) >= 11 is 0. The third-order valence-electron chi connectivity index (χ3n) is 2.51. The Morgan fingerprint density at radius 2 is 2.29 bits per heavy atom. The van der Waals surface area contributed by atoms with E-state index in [-0.39, 0.29) is 12.6 Å². The van der Waals surface area contributed by atoms with Crippen LogP contribution in [0.25, 0.3) is 11.1 Å². The fourth-order valence-electron chi connectivity index (χ4n) is 1.58. The van der Waals surface area contributed by atoms with Gasteiger partial charge in [0.1, 0.15) is 5.52 Å². The molecular formula is C12H16N2O3. The molecule has 0 spiro atoms. The van der Waals surface area contributed by atoms with Crippen LogP contribution in [0.15, 0.2) is 28.7 Å². The number of fused-ring (bicyclic) bond motifs is 1. The molecule has 0 aliphatic rings. The van der Waals surface area contributed by atoms with Crippen molar-refractivity contribution in [2.45, 2.75) is 12.5 Å². The molecule has 0 radical (unpaired) electrons. The van der Waals surface area contributed by atoms with Gasteiger partial charge in [-0.05, 0) is 18.6 Å². The van der Waals surface area contributed by atoms with Crippen LogP contribution in [0.1, 0.15) is 6.42 Å². The normalized spacial score (nSPS) is 12.8. The lowest BCUT2D eigenvalue weighted by molar-refractivity contribution is 0.174. The zero-order valence-corrected chi connectivity index (χ0v) is 9.72. The Hall–Kier alpha value is -1.59. The van der Waals surface area contributed by atoms with E-state index in [0.29, 0.717) is 19.0 Å². The van der Waals surface area contributed by atoms with Gasteiger partial charge in [0, 0.05) is 13.7 Å². The van der Waals surface area contributed by atoms with Gasteiger partial charge in [0.25, 0.3) is 6.01 Å². The lowest BCUT2D eigenvalue weighted by Gasteiger charge is -2.13. The van der Waals surface area contributed by atoms with Gasteiger partial charge in [-0.3, -0.25) is 0 Å². The molecule has 0 saturated carbocycles. The molecule has 2 N–H and O–H groups in total. The summed E-state index contributed by atoms with van der Waals surface area (Å²) in [6.45, 7) is 0.598. The fourth-order valence-corrected chi connectivity index (χ4v) is 1.58. The summed E-state index contributed by atoms with van der Waals surface area (Å²) < 4.78 is 10.5.